The third kappa shape index (κ3) is 3.42. The van der Waals surface area contributed by atoms with Crippen LogP contribution in [0.3, 0.4) is 0 Å². The Labute approximate surface area is 108 Å². The van der Waals surface area contributed by atoms with E-state index in [1.165, 1.54) is 5.56 Å². The van der Waals surface area contributed by atoms with E-state index in [4.69, 9.17) is 0 Å². The number of carbonyl (C=O) groups excluding carboxylic acids is 2. The highest BCUT2D eigenvalue weighted by molar-refractivity contribution is 5.76. The van der Waals surface area contributed by atoms with E-state index in [1.54, 1.807) is 0 Å². The zero-order valence-corrected chi connectivity index (χ0v) is 10.6. The number of amides is 1. The van der Waals surface area contributed by atoms with Crippen LogP contribution in [0.2, 0.25) is 0 Å². The topological polar surface area (TPSA) is 37.4 Å². The summed E-state index contributed by atoms with van der Waals surface area (Å²) in [7, 11) is 0. The van der Waals surface area contributed by atoms with Gasteiger partial charge in [0.2, 0.25) is 5.91 Å². The molecule has 0 spiro atoms. The number of likely N-dealkylation sites (tertiary alicyclic amines) is 1. The van der Waals surface area contributed by atoms with Gasteiger partial charge in [-0.1, -0.05) is 24.3 Å². The van der Waals surface area contributed by atoms with Crippen LogP contribution in [-0.4, -0.2) is 30.2 Å². The minimum atomic E-state index is 0.289. The first-order chi connectivity index (χ1) is 8.79. The molecule has 0 saturated carbocycles. The predicted molar refractivity (Wildman–Crippen MR) is 70.6 cm³/mol. The zero-order valence-electron chi connectivity index (χ0n) is 10.6. The number of aryl methyl sites for hydroxylation is 1. The highest BCUT2D eigenvalue weighted by Crippen LogP contribution is 2.12. The molecular weight excluding hydrogens is 226 g/mol. The van der Waals surface area contributed by atoms with Gasteiger partial charge in [-0.15, -0.1) is 0 Å². The molecule has 0 radical (unpaired) electrons. The van der Waals surface area contributed by atoms with Gasteiger partial charge in [0, 0.05) is 25.1 Å². The Morgan fingerprint density at radius 2 is 1.83 bits per heavy atom. The van der Waals surface area contributed by atoms with E-state index in [0.717, 1.165) is 45.1 Å². The maximum atomic E-state index is 11.8. The summed E-state index contributed by atoms with van der Waals surface area (Å²) in [6, 6.07) is 7.57. The van der Waals surface area contributed by atoms with E-state index in [9.17, 15) is 9.59 Å². The quantitative estimate of drug-likeness (QED) is 0.747. The van der Waals surface area contributed by atoms with Gasteiger partial charge in [0.15, 0.2) is 0 Å². The van der Waals surface area contributed by atoms with Crippen LogP contribution >= 0.6 is 0 Å². The lowest BCUT2D eigenvalue weighted by molar-refractivity contribution is -0.130. The minimum Gasteiger partial charge on any atom is -0.343 e. The van der Waals surface area contributed by atoms with Crippen LogP contribution in [0.25, 0.3) is 0 Å². The van der Waals surface area contributed by atoms with Gasteiger partial charge in [0.05, 0.1) is 0 Å². The molecule has 96 valence electrons. The number of carbonyl (C=O) groups is 2. The number of benzene rings is 1. The summed E-state index contributed by atoms with van der Waals surface area (Å²) >= 11 is 0. The van der Waals surface area contributed by atoms with Gasteiger partial charge in [0.25, 0.3) is 0 Å². The average molecular weight is 245 g/mol. The van der Waals surface area contributed by atoms with E-state index in [-0.39, 0.29) is 5.91 Å². The molecule has 1 saturated heterocycles. The summed E-state index contributed by atoms with van der Waals surface area (Å²) < 4.78 is 0. The van der Waals surface area contributed by atoms with Crippen LogP contribution in [0.1, 0.15) is 41.6 Å². The molecule has 1 heterocycles. The van der Waals surface area contributed by atoms with E-state index < -0.39 is 0 Å². The van der Waals surface area contributed by atoms with Gasteiger partial charge in [-0.2, -0.15) is 0 Å². The number of rotatable bonds is 5. The standard InChI is InChI=1S/C15H19NO2/c17-12-14-8-6-13(7-9-14)4-3-5-15(18)16-10-1-2-11-16/h6-9,12H,1-5,10-11H2. The molecule has 1 amide bonds. The van der Waals surface area contributed by atoms with Crippen molar-refractivity contribution in [2.75, 3.05) is 13.1 Å². The largest absolute Gasteiger partial charge is 0.343 e. The van der Waals surface area contributed by atoms with Crippen LogP contribution in [-0.2, 0) is 11.2 Å². The number of nitrogens with zero attached hydrogens (tertiary/aromatic N) is 1. The molecule has 3 nitrogen and oxygen atoms in total. The molecule has 0 bridgehead atoms. The fourth-order valence-electron chi connectivity index (χ4n) is 2.33. The van der Waals surface area contributed by atoms with Crippen molar-refractivity contribution in [2.45, 2.75) is 32.1 Å². The molecule has 2 rings (SSSR count). The molecular formula is C15H19NO2. The van der Waals surface area contributed by atoms with Gasteiger partial charge in [-0.25, -0.2) is 0 Å². The zero-order chi connectivity index (χ0) is 12.8. The molecule has 0 unspecified atom stereocenters. The van der Waals surface area contributed by atoms with E-state index in [1.807, 2.05) is 29.2 Å². The molecule has 1 aromatic carbocycles. The molecule has 1 aliphatic heterocycles. The van der Waals surface area contributed by atoms with E-state index >= 15 is 0 Å². The fourth-order valence-corrected chi connectivity index (χ4v) is 2.33. The summed E-state index contributed by atoms with van der Waals surface area (Å²) in [6.45, 7) is 1.87. The SMILES string of the molecule is O=Cc1ccc(CCCC(=O)N2CCCC2)cc1. The lowest BCUT2D eigenvalue weighted by atomic mass is 10.1. The van der Waals surface area contributed by atoms with E-state index in [0.29, 0.717) is 12.0 Å². The fraction of sp³-hybridized carbons (Fsp3) is 0.467. The second-order valence-electron chi connectivity index (χ2n) is 4.80. The molecule has 1 aromatic rings. The summed E-state index contributed by atoms with van der Waals surface area (Å²) in [5.74, 6) is 0.289. The van der Waals surface area contributed by atoms with Crippen LogP contribution in [0.5, 0.6) is 0 Å². The Morgan fingerprint density at radius 1 is 1.17 bits per heavy atom. The van der Waals surface area contributed by atoms with Crippen molar-refractivity contribution in [2.24, 2.45) is 0 Å². The first-order valence-corrected chi connectivity index (χ1v) is 6.61. The lowest BCUT2D eigenvalue weighted by Gasteiger charge is -2.14. The maximum absolute atomic E-state index is 11.8. The Bertz CT molecular complexity index is 405. The predicted octanol–water partition coefficient (Wildman–Crippen LogP) is 2.44. The molecule has 18 heavy (non-hydrogen) atoms. The molecule has 0 aromatic heterocycles. The van der Waals surface area contributed by atoms with Crippen LogP contribution in [0.4, 0.5) is 0 Å². The van der Waals surface area contributed by atoms with Gasteiger partial charge < -0.3 is 4.90 Å². The number of aldehydes is 1. The Balaban J connectivity index is 1.73. The van der Waals surface area contributed by atoms with Crippen LogP contribution in [0, 0.1) is 0 Å². The monoisotopic (exact) mass is 245 g/mol. The van der Waals surface area contributed by atoms with Crippen molar-refractivity contribution in [3.63, 3.8) is 0 Å². The van der Waals surface area contributed by atoms with Crippen molar-refractivity contribution in [3.05, 3.63) is 35.4 Å². The normalized spacial score (nSPS) is 14.8. The van der Waals surface area contributed by atoms with E-state index in [2.05, 4.69) is 0 Å². The number of hydrogen-bond donors (Lipinski definition) is 0. The Morgan fingerprint density at radius 3 is 2.44 bits per heavy atom. The third-order valence-electron chi connectivity index (χ3n) is 3.43. The highest BCUT2D eigenvalue weighted by atomic mass is 16.2. The van der Waals surface area contributed by atoms with Crippen molar-refractivity contribution < 1.29 is 9.59 Å². The van der Waals surface area contributed by atoms with Crippen molar-refractivity contribution in [1.29, 1.82) is 0 Å². The molecule has 1 fully saturated rings. The van der Waals surface area contributed by atoms with Crippen molar-refractivity contribution in [3.8, 4) is 0 Å². The molecule has 0 atom stereocenters. The second-order valence-corrected chi connectivity index (χ2v) is 4.80. The van der Waals surface area contributed by atoms with Gasteiger partial charge in [-0.05, 0) is 31.2 Å². The molecule has 3 heteroatoms. The molecule has 0 aliphatic carbocycles. The minimum absolute atomic E-state index is 0.289. The highest BCUT2D eigenvalue weighted by Gasteiger charge is 2.16. The van der Waals surface area contributed by atoms with Crippen molar-refractivity contribution >= 4 is 12.2 Å². The Kier molecular flexibility index (Phi) is 4.51. The first kappa shape index (κ1) is 12.8. The van der Waals surface area contributed by atoms with Crippen LogP contribution < -0.4 is 0 Å². The van der Waals surface area contributed by atoms with Gasteiger partial charge >= 0.3 is 0 Å². The summed E-state index contributed by atoms with van der Waals surface area (Å²) in [5, 5.41) is 0. The third-order valence-corrected chi connectivity index (χ3v) is 3.43. The Hall–Kier alpha value is -1.64. The lowest BCUT2D eigenvalue weighted by Crippen LogP contribution is -2.27. The maximum Gasteiger partial charge on any atom is 0.222 e. The average Bonchev–Trinajstić information content (AvgIpc) is 2.93. The summed E-state index contributed by atoms with van der Waals surface area (Å²) in [4.78, 5) is 24.3. The summed E-state index contributed by atoms with van der Waals surface area (Å²) in [5.41, 5.74) is 1.89. The first-order valence-electron chi connectivity index (χ1n) is 6.61. The smallest absolute Gasteiger partial charge is 0.222 e. The van der Waals surface area contributed by atoms with Crippen molar-refractivity contribution in [1.82, 2.24) is 4.90 Å². The van der Waals surface area contributed by atoms with Crippen LogP contribution in [0.15, 0.2) is 24.3 Å². The number of hydrogen-bond acceptors (Lipinski definition) is 2. The van der Waals surface area contributed by atoms with Gasteiger partial charge in [-0.3, -0.25) is 9.59 Å². The van der Waals surface area contributed by atoms with Gasteiger partial charge in [0.1, 0.15) is 6.29 Å². The molecule has 1 aliphatic rings. The molecule has 0 N–H and O–H groups in total. The second kappa shape index (κ2) is 6.34. The summed E-state index contributed by atoms with van der Waals surface area (Å²) in [6.07, 6.45) is 5.57.